The van der Waals surface area contributed by atoms with Crippen molar-refractivity contribution in [2.24, 2.45) is 0 Å². The highest BCUT2D eigenvalue weighted by molar-refractivity contribution is 9.09. The summed E-state index contributed by atoms with van der Waals surface area (Å²) in [6, 6.07) is 0. The topological polar surface area (TPSA) is 37.3 Å². The third-order valence-corrected chi connectivity index (χ3v) is 3.69. The number of hydrogen-bond donors (Lipinski definition) is 1. The molecule has 0 atom stereocenters. The summed E-state index contributed by atoms with van der Waals surface area (Å²) in [4.78, 5) is 10.5. The number of carbonyl (C=O) groups is 1. The van der Waals surface area contributed by atoms with Crippen LogP contribution in [-0.2, 0) is 4.79 Å². The van der Waals surface area contributed by atoms with E-state index in [4.69, 9.17) is 5.11 Å². The van der Waals surface area contributed by atoms with Crippen LogP contribution in [0.2, 0.25) is 0 Å². The second kappa shape index (κ2) is 13.1. The number of hydrogen-bond acceptors (Lipinski definition) is 1. The smallest absolute Gasteiger partial charge is 0.330 e. The van der Waals surface area contributed by atoms with Gasteiger partial charge in [0.2, 0.25) is 0 Å². The lowest BCUT2D eigenvalue weighted by Gasteiger charge is -2.01. The molecule has 18 heavy (non-hydrogen) atoms. The molecule has 0 aliphatic carbocycles. The zero-order valence-corrected chi connectivity index (χ0v) is 13.2. The zero-order chi connectivity index (χ0) is 13.6. The maximum atomic E-state index is 10.5. The van der Waals surface area contributed by atoms with Crippen LogP contribution in [0.1, 0.15) is 71.1 Å². The van der Waals surface area contributed by atoms with Crippen LogP contribution in [0.3, 0.4) is 0 Å². The molecule has 0 aromatic carbocycles. The van der Waals surface area contributed by atoms with Crippen LogP contribution in [-0.4, -0.2) is 16.4 Å². The summed E-state index contributed by atoms with van der Waals surface area (Å²) >= 11 is 3.45. The fourth-order valence-corrected chi connectivity index (χ4v) is 2.28. The first-order valence-corrected chi connectivity index (χ1v) is 8.26. The summed E-state index contributed by atoms with van der Waals surface area (Å²) < 4.78 is 0. The fraction of sp³-hybridized carbons (Fsp3) is 0.800. The average molecular weight is 319 g/mol. The van der Waals surface area contributed by atoms with Gasteiger partial charge in [0, 0.05) is 10.9 Å². The Morgan fingerprint density at radius 1 is 0.944 bits per heavy atom. The Labute approximate surface area is 120 Å². The first-order valence-electron chi connectivity index (χ1n) is 7.14. The maximum absolute atomic E-state index is 10.5. The van der Waals surface area contributed by atoms with E-state index in [1.54, 1.807) is 6.92 Å². The number of rotatable bonds is 12. The van der Waals surface area contributed by atoms with Crippen LogP contribution in [0.5, 0.6) is 0 Å². The van der Waals surface area contributed by atoms with Gasteiger partial charge in [-0.2, -0.15) is 0 Å². The van der Waals surface area contributed by atoms with Gasteiger partial charge in [-0.25, -0.2) is 4.79 Å². The minimum absolute atomic E-state index is 0.474. The minimum Gasteiger partial charge on any atom is -0.478 e. The molecule has 0 aromatic rings. The molecule has 0 rings (SSSR count). The van der Waals surface area contributed by atoms with Gasteiger partial charge in [0.15, 0.2) is 0 Å². The van der Waals surface area contributed by atoms with Gasteiger partial charge >= 0.3 is 5.97 Å². The number of alkyl halides is 1. The normalized spacial score (nSPS) is 11.8. The first kappa shape index (κ1) is 17.7. The third kappa shape index (κ3) is 12.2. The van der Waals surface area contributed by atoms with Crippen molar-refractivity contribution in [3.8, 4) is 0 Å². The molecule has 1 N–H and O–H groups in total. The van der Waals surface area contributed by atoms with E-state index in [1.807, 2.05) is 6.08 Å². The number of carboxylic acids is 1. The summed E-state index contributed by atoms with van der Waals surface area (Å²) in [5, 5.41) is 9.81. The largest absolute Gasteiger partial charge is 0.478 e. The van der Waals surface area contributed by atoms with Crippen molar-refractivity contribution in [2.75, 3.05) is 5.33 Å². The quantitative estimate of drug-likeness (QED) is 0.300. The Hall–Kier alpha value is -0.310. The molecule has 0 aliphatic heterocycles. The van der Waals surface area contributed by atoms with Crippen LogP contribution in [0.4, 0.5) is 0 Å². The molecular formula is C15H27BrO2. The van der Waals surface area contributed by atoms with Gasteiger partial charge in [0.1, 0.15) is 0 Å². The third-order valence-electron chi connectivity index (χ3n) is 3.13. The van der Waals surface area contributed by atoms with Gasteiger partial charge in [0.05, 0.1) is 0 Å². The van der Waals surface area contributed by atoms with Crippen LogP contribution in [0.25, 0.3) is 0 Å². The van der Waals surface area contributed by atoms with Crippen molar-refractivity contribution in [1.82, 2.24) is 0 Å². The number of carboxylic acid groups (broad SMARTS) is 1. The second-order valence-electron chi connectivity index (χ2n) is 4.85. The molecule has 3 heteroatoms. The van der Waals surface area contributed by atoms with E-state index in [2.05, 4.69) is 15.9 Å². The average Bonchev–Trinajstić information content (AvgIpc) is 2.35. The monoisotopic (exact) mass is 318 g/mol. The molecule has 106 valence electrons. The predicted molar refractivity (Wildman–Crippen MR) is 81.4 cm³/mol. The Morgan fingerprint density at radius 2 is 1.39 bits per heavy atom. The van der Waals surface area contributed by atoms with Gasteiger partial charge in [-0.15, -0.1) is 0 Å². The van der Waals surface area contributed by atoms with Gasteiger partial charge < -0.3 is 5.11 Å². The Balaban J connectivity index is 3.17. The van der Waals surface area contributed by atoms with Crippen molar-refractivity contribution in [3.05, 3.63) is 11.6 Å². The number of halogens is 1. The fourth-order valence-electron chi connectivity index (χ4n) is 1.88. The maximum Gasteiger partial charge on any atom is 0.330 e. The van der Waals surface area contributed by atoms with E-state index in [1.165, 1.54) is 51.4 Å². The van der Waals surface area contributed by atoms with Crippen molar-refractivity contribution in [1.29, 1.82) is 0 Å². The van der Waals surface area contributed by atoms with Gasteiger partial charge in [-0.1, -0.05) is 67.0 Å². The van der Waals surface area contributed by atoms with Crippen LogP contribution < -0.4 is 0 Å². The zero-order valence-electron chi connectivity index (χ0n) is 11.6. The summed E-state index contributed by atoms with van der Waals surface area (Å²) in [5.41, 5.74) is 0.474. The molecule has 0 bridgehead atoms. The van der Waals surface area contributed by atoms with E-state index >= 15 is 0 Å². The summed E-state index contributed by atoms with van der Waals surface area (Å²) in [5.74, 6) is -0.793. The van der Waals surface area contributed by atoms with Gasteiger partial charge in [0.25, 0.3) is 0 Å². The van der Waals surface area contributed by atoms with E-state index in [-0.39, 0.29) is 0 Å². The van der Waals surface area contributed by atoms with Gasteiger partial charge in [-0.05, 0) is 26.2 Å². The second-order valence-corrected chi connectivity index (χ2v) is 5.64. The van der Waals surface area contributed by atoms with Gasteiger partial charge in [-0.3, -0.25) is 0 Å². The molecule has 0 unspecified atom stereocenters. The number of allylic oxidation sites excluding steroid dienone is 1. The van der Waals surface area contributed by atoms with E-state index in [0.29, 0.717) is 5.57 Å². The molecule has 0 fully saturated rings. The van der Waals surface area contributed by atoms with E-state index in [9.17, 15) is 4.79 Å². The molecule has 0 saturated heterocycles. The lowest BCUT2D eigenvalue weighted by atomic mass is 10.1. The Kier molecular flexibility index (Phi) is 12.9. The number of unbranched alkanes of at least 4 members (excludes halogenated alkanes) is 9. The summed E-state index contributed by atoms with van der Waals surface area (Å²) in [7, 11) is 0. The molecule has 0 aromatic heterocycles. The standard InChI is InChI=1S/C15H27BrO2/c1-14(15(17)18)12-10-8-6-4-2-3-5-7-9-11-13-16/h12H,2-11,13H2,1H3,(H,17,18). The highest BCUT2D eigenvalue weighted by Crippen LogP contribution is 2.11. The van der Waals surface area contributed by atoms with Crippen LogP contribution in [0, 0.1) is 0 Å². The van der Waals surface area contributed by atoms with E-state index in [0.717, 1.165) is 18.2 Å². The summed E-state index contributed by atoms with van der Waals surface area (Å²) in [6.07, 6.45) is 14.4. The molecule has 2 nitrogen and oxygen atoms in total. The molecule has 0 saturated carbocycles. The van der Waals surface area contributed by atoms with Crippen molar-refractivity contribution in [2.45, 2.75) is 71.1 Å². The highest BCUT2D eigenvalue weighted by atomic mass is 79.9. The van der Waals surface area contributed by atoms with Crippen molar-refractivity contribution in [3.63, 3.8) is 0 Å². The predicted octanol–water partition coefficient (Wildman–Crippen LogP) is 5.31. The summed E-state index contributed by atoms with van der Waals surface area (Å²) in [6.45, 7) is 1.66. The van der Waals surface area contributed by atoms with Crippen LogP contribution in [0.15, 0.2) is 11.6 Å². The SMILES string of the molecule is CC(=CCCCCCCCCCCCBr)C(=O)O. The Morgan fingerprint density at radius 3 is 1.83 bits per heavy atom. The molecule has 0 aliphatic rings. The molecule has 0 spiro atoms. The highest BCUT2D eigenvalue weighted by Gasteiger charge is 1.97. The lowest BCUT2D eigenvalue weighted by Crippen LogP contribution is -1.95. The molecule has 0 amide bonds. The Bertz CT molecular complexity index is 237. The molecule has 0 radical (unpaired) electrons. The number of aliphatic carboxylic acids is 1. The van der Waals surface area contributed by atoms with Crippen molar-refractivity contribution >= 4 is 21.9 Å². The van der Waals surface area contributed by atoms with Crippen LogP contribution >= 0.6 is 15.9 Å². The molecule has 0 heterocycles. The van der Waals surface area contributed by atoms with E-state index < -0.39 is 5.97 Å². The molecular weight excluding hydrogens is 292 g/mol. The van der Waals surface area contributed by atoms with Crippen molar-refractivity contribution < 1.29 is 9.90 Å². The lowest BCUT2D eigenvalue weighted by molar-refractivity contribution is -0.132. The minimum atomic E-state index is -0.793. The first-order chi connectivity index (χ1) is 8.68.